The number of hydrogen-bond donors (Lipinski definition) is 1. The fraction of sp³-hybridized carbons (Fsp3) is 0.200. The monoisotopic (exact) mass is 348 g/mol. The fourth-order valence-electron chi connectivity index (χ4n) is 2.37. The van der Waals surface area contributed by atoms with Crippen LogP contribution >= 0.6 is 15.9 Å². The van der Waals surface area contributed by atoms with E-state index >= 15 is 0 Å². The van der Waals surface area contributed by atoms with E-state index in [1.54, 1.807) is 13.3 Å². The van der Waals surface area contributed by atoms with Crippen LogP contribution in [0.5, 0.6) is 5.75 Å². The first-order valence-corrected chi connectivity index (χ1v) is 7.19. The van der Waals surface area contributed by atoms with Crippen molar-refractivity contribution in [3.63, 3.8) is 0 Å². The summed E-state index contributed by atoms with van der Waals surface area (Å²) in [5, 5.41) is 2.83. The Morgan fingerprint density at radius 3 is 2.90 bits per heavy atom. The smallest absolute Gasteiger partial charge is 0.408 e. The number of carbonyl (C=O) groups excluding carboxylic acids is 1. The van der Waals surface area contributed by atoms with Gasteiger partial charge < -0.3 is 14.8 Å². The number of hydrogen-bond acceptors (Lipinski definition) is 4. The van der Waals surface area contributed by atoms with Gasteiger partial charge in [-0.15, -0.1) is 0 Å². The lowest BCUT2D eigenvalue weighted by Gasteiger charge is -2.18. The predicted octanol–water partition coefficient (Wildman–Crippen LogP) is 3.37. The molecule has 0 aliphatic carbocycles. The van der Waals surface area contributed by atoms with E-state index in [1.165, 1.54) is 0 Å². The molecule has 2 aromatic rings. The van der Waals surface area contributed by atoms with Crippen LogP contribution in [-0.4, -0.2) is 18.2 Å². The summed E-state index contributed by atoms with van der Waals surface area (Å²) < 4.78 is 11.3. The number of pyridine rings is 1. The number of amides is 1. The zero-order valence-corrected chi connectivity index (χ0v) is 12.8. The van der Waals surface area contributed by atoms with E-state index in [0.29, 0.717) is 4.60 Å². The maximum atomic E-state index is 11.7. The van der Waals surface area contributed by atoms with Crippen molar-refractivity contribution in [2.75, 3.05) is 7.11 Å². The Hall–Kier alpha value is -2.08. The van der Waals surface area contributed by atoms with Crippen LogP contribution in [0.15, 0.2) is 47.2 Å². The molecule has 0 saturated carbocycles. The molecule has 0 radical (unpaired) electrons. The molecule has 1 aromatic heterocycles. The number of alkyl carbamates (subject to hydrolysis) is 1. The van der Waals surface area contributed by atoms with Crippen molar-refractivity contribution in [3.8, 4) is 5.75 Å². The second-order valence-corrected chi connectivity index (χ2v) is 5.45. The Labute approximate surface area is 130 Å². The van der Waals surface area contributed by atoms with Gasteiger partial charge >= 0.3 is 6.09 Å². The molecule has 108 valence electrons. The number of cyclic esters (lactones) is 1. The van der Waals surface area contributed by atoms with Gasteiger partial charge in [-0.2, -0.15) is 0 Å². The first-order chi connectivity index (χ1) is 10.2. The van der Waals surface area contributed by atoms with Gasteiger partial charge in [0.25, 0.3) is 0 Å². The summed E-state index contributed by atoms with van der Waals surface area (Å²) in [6.07, 6.45) is 0.856. The zero-order chi connectivity index (χ0) is 14.8. The Bertz CT molecular complexity index is 677. The summed E-state index contributed by atoms with van der Waals surface area (Å²) >= 11 is 3.34. The van der Waals surface area contributed by atoms with E-state index in [0.717, 1.165) is 16.9 Å². The lowest BCUT2D eigenvalue weighted by Crippen LogP contribution is -2.19. The van der Waals surface area contributed by atoms with Gasteiger partial charge in [0, 0.05) is 6.20 Å². The Balaban J connectivity index is 1.97. The lowest BCUT2D eigenvalue weighted by molar-refractivity contribution is 0.132. The molecule has 1 aliphatic heterocycles. The molecule has 0 spiro atoms. The number of benzene rings is 1. The Kier molecular flexibility index (Phi) is 3.79. The number of halogens is 1. The number of aromatic nitrogens is 1. The number of rotatable bonds is 3. The highest BCUT2D eigenvalue weighted by atomic mass is 79.9. The number of carbonyl (C=O) groups is 1. The van der Waals surface area contributed by atoms with Gasteiger partial charge in [0.1, 0.15) is 10.4 Å². The molecule has 1 saturated heterocycles. The van der Waals surface area contributed by atoms with Crippen LogP contribution in [0.25, 0.3) is 0 Å². The first kappa shape index (κ1) is 13.9. The molecular weight excluding hydrogens is 336 g/mol. The molecule has 1 amide bonds. The highest BCUT2D eigenvalue weighted by Crippen LogP contribution is 2.37. The minimum absolute atomic E-state index is 0.260. The number of nitrogens with one attached hydrogen (secondary N) is 1. The standard InChI is InChI=1S/C15H13BrN2O3/c1-20-11-4-2-3-10(7-11)14-13(18-15(19)21-14)9-5-6-17-12(16)8-9/h2-8,13-14H,1H3,(H,18,19)/t13-,14-/m1/s1. The third-order valence-electron chi connectivity index (χ3n) is 3.34. The van der Waals surface area contributed by atoms with Crippen LogP contribution < -0.4 is 10.1 Å². The zero-order valence-electron chi connectivity index (χ0n) is 11.2. The van der Waals surface area contributed by atoms with E-state index in [9.17, 15) is 4.79 Å². The van der Waals surface area contributed by atoms with Gasteiger partial charge in [-0.3, -0.25) is 0 Å². The minimum Gasteiger partial charge on any atom is -0.497 e. The van der Waals surface area contributed by atoms with Gasteiger partial charge in [-0.1, -0.05) is 12.1 Å². The molecule has 3 rings (SSSR count). The molecule has 6 heteroatoms. The average molecular weight is 349 g/mol. The van der Waals surface area contributed by atoms with Crippen molar-refractivity contribution in [3.05, 3.63) is 58.3 Å². The molecule has 2 atom stereocenters. The molecule has 1 aromatic carbocycles. The van der Waals surface area contributed by atoms with Crippen molar-refractivity contribution in [2.45, 2.75) is 12.1 Å². The number of ether oxygens (including phenoxy) is 2. The van der Waals surface area contributed by atoms with Gasteiger partial charge in [-0.25, -0.2) is 9.78 Å². The summed E-state index contributed by atoms with van der Waals surface area (Å²) in [7, 11) is 1.61. The first-order valence-electron chi connectivity index (χ1n) is 6.40. The normalized spacial score (nSPS) is 20.8. The summed E-state index contributed by atoms with van der Waals surface area (Å²) in [5.74, 6) is 0.727. The van der Waals surface area contributed by atoms with Crippen LogP contribution in [0, 0.1) is 0 Å². The highest BCUT2D eigenvalue weighted by molar-refractivity contribution is 9.10. The Morgan fingerprint density at radius 2 is 2.14 bits per heavy atom. The maximum absolute atomic E-state index is 11.7. The van der Waals surface area contributed by atoms with Crippen molar-refractivity contribution < 1.29 is 14.3 Å². The summed E-state index contributed by atoms with van der Waals surface area (Å²) in [4.78, 5) is 15.8. The van der Waals surface area contributed by atoms with E-state index in [-0.39, 0.29) is 6.04 Å². The Morgan fingerprint density at radius 1 is 1.29 bits per heavy atom. The van der Waals surface area contributed by atoms with E-state index in [4.69, 9.17) is 9.47 Å². The minimum atomic E-state index is -0.430. The topological polar surface area (TPSA) is 60.5 Å². The largest absolute Gasteiger partial charge is 0.497 e. The molecule has 5 nitrogen and oxygen atoms in total. The quantitative estimate of drug-likeness (QED) is 0.863. The van der Waals surface area contributed by atoms with Gasteiger partial charge in [0.2, 0.25) is 0 Å². The summed E-state index contributed by atoms with van der Waals surface area (Å²) in [5.41, 5.74) is 1.81. The molecule has 1 fully saturated rings. The fourth-order valence-corrected chi connectivity index (χ4v) is 2.75. The molecule has 2 heterocycles. The average Bonchev–Trinajstić information content (AvgIpc) is 2.89. The molecule has 21 heavy (non-hydrogen) atoms. The van der Waals surface area contributed by atoms with Crippen LogP contribution in [0.2, 0.25) is 0 Å². The van der Waals surface area contributed by atoms with Gasteiger partial charge in [0.05, 0.1) is 13.2 Å². The summed E-state index contributed by atoms with van der Waals surface area (Å²) in [6, 6.07) is 11.0. The van der Waals surface area contributed by atoms with Crippen molar-refractivity contribution in [2.24, 2.45) is 0 Å². The van der Waals surface area contributed by atoms with E-state index in [2.05, 4.69) is 26.2 Å². The number of methoxy groups -OCH3 is 1. The second-order valence-electron chi connectivity index (χ2n) is 4.64. The third kappa shape index (κ3) is 2.85. The van der Waals surface area contributed by atoms with Crippen LogP contribution in [-0.2, 0) is 4.74 Å². The molecular formula is C15H13BrN2O3. The van der Waals surface area contributed by atoms with Gasteiger partial charge in [-0.05, 0) is 51.3 Å². The SMILES string of the molecule is COc1cccc([C@H]2OC(=O)N[C@@H]2c2ccnc(Br)c2)c1. The second kappa shape index (κ2) is 5.73. The van der Waals surface area contributed by atoms with Gasteiger partial charge in [0.15, 0.2) is 6.10 Å². The lowest BCUT2D eigenvalue weighted by atomic mass is 9.97. The molecule has 1 aliphatic rings. The molecule has 0 unspecified atom stereocenters. The number of nitrogens with zero attached hydrogens (tertiary/aromatic N) is 1. The van der Waals surface area contributed by atoms with Crippen LogP contribution in [0.1, 0.15) is 23.3 Å². The highest BCUT2D eigenvalue weighted by Gasteiger charge is 2.36. The van der Waals surface area contributed by atoms with E-state index in [1.807, 2.05) is 36.4 Å². The summed E-state index contributed by atoms with van der Waals surface area (Å²) in [6.45, 7) is 0. The van der Waals surface area contributed by atoms with Crippen molar-refractivity contribution >= 4 is 22.0 Å². The van der Waals surface area contributed by atoms with Crippen LogP contribution in [0.4, 0.5) is 4.79 Å². The molecule has 0 bridgehead atoms. The van der Waals surface area contributed by atoms with Crippen molar-refractivity contribution in [1.82, 2.24) is 10.3 Å². The third-order valence-corrected chi connectivity index (χ3v) is 3.78. The predicted molar refractivity (Wildman–Crippen MR) is 80.0 cm³/mol. The van der Waals surface area contributed by atoms with Crippen molar-refractivity contribution in [1.29, 1.82) is 0 Å². The van der Waals surface area contributed by atoms with E-state index < -0.39 is 12.2 Å². The molecule has 1 N–H and O–H groups in total. The maximum Gasteiger partial charge on any atom is 0.408 e. The van der Waals surface area contributed by atoms with Crippen LogP contribution in [0.3, 0.4) is 0 Å².